The van der Waals surface area contributed by atoms with E-state index >= 15 is 0 Å². The van der Waals surface area contributed by atoms with Crippen LogP contribution in [0.5, 0.6) is 0 Å². The molecule has 0 aliphatic heterocycles. The van der Waals surface area contributed by atoms with E-state index in [9.17, 15) is 0 Å². The van der Waals surface area contributed by atoms with Gasteiger partial charge in [0.2, 0.25) is 0 Å². The summed E-state index contributed by atoms with van der Waals surface area (Å²) in [6.07, 6.45) is 0. The van der Waals surface area contributed by atoms with Crippen molar-refractivity contribution in [1.29, 1.82) is 0 Å². The van der Waals surface area contributed by atoms with E-state index in [1.807, 2.05) is 0 Å². The first kappa shape index (κ1) is 11.4. The molecule has 0 radical (unpaired) electrons. The number of rotatable bonds is 0. The Hall–Kier alpha value is 0.597. The second-order valence-corrected chi connectivity index (χ2v) is 3.25. The zero-order chi connectivity index (χ0) is 6.08. The third-order valence-electron chi connectivity index (χ3n) is 1.50. The van der Waals surface area contributed by atoms with Crippen molar-refractivity contribution in [2.45, 2.75) is 34.6 Å². The molecular weight excluding hydrogens is 91.0 g/mol. The zero-order valence-electron chi connectivity index (χ0n) is 7.00. The average Bonchev–Trinajstić information content (AvgIpc) is 1.31. The zero-order valence-corrected chi connectivity index (χ0v) is 7.00. The van der Waals surface area contributed by atoms with Crippen molar-refractivity contribution in [3.8, 4) is 0 Å². The summed E-state index contributed by atoms with van der Waals surface area (Å²) in [7, 11) is 0. The summed E-state index contributed by atoms with van der Waals surface area (Å²) in [5.74, 6) is 1.49. The van der Waals surface area contributed by atoms with Gasteiger partial charge in [-0.25, -0.2) is 0 Å². The summed E-state index contributed by atoms with van der Waals surface area (Å²) in [5.41, 5.74) is 0.417. The van der Waals surface area contributed by atoms with Crippen LogP contribution in [0, 0.1) is 11.3 Å². The fraction of sp³-hybridized carbons (Fsp3) is 0.857. The Labute approximate surface area is 65.2 Å². The molecule has 0 unspecified atom stereocenters. The van der Waals surface area contributed by atoms with Gasteiger partial charge in [0.25, 0.3) is 0 Å². The van der Waals surface area contributed by atoms with Gasteiger partial charge in [0, 0.05) is 0 Å². The van der Waals surface area contributed by atoms with Gasteiger partial charge in [-0.05, 0) is 0 Å². The fourth-order valence-corrected chi connectivity index (χ4v) is 0. The molecule has 0 amide bonds. The largest absolute Gasteiger partial charge is 1.00 e. The minimum absolute atomic E-state index is 0. The maximum absolute atomic E-state index is 2.22. The van der Waals surface area contributed by atoms with Crippen LogP contribution in [0.3, 0.4) is 0 Å². The third-order valence-corrected chi connectivity index (χ3v) is 1.50. The molecule has 0 saturated carbocycles. The molecule has 0 aromatic carbocycles. The molecule has 0 N–H and O–H groups in total. The van der Waals surface area contributed by atoms with Crippen molar-refractivity contribution in [2.24, 2.45) is 5.41 Å². The minimum atomic E-state index is 0. The van der Waals surface area contributed by atoms with E-state index in [0.29, 0.717) is 5.41 Å². The number of hydrogen-bond donors (Lipinski definition) is 0. The molecule has 0 heterocycles. The van der Waals surface area contributed by atoms with Gasteiger partial charge in [0.05, 0.1) is 0 Å². The van der Waals surface area contributed by atoms with Crippen molar-refractivity contribution in [3.63, 3.8) is 0 Å². The molecule has 0 aliphatic carbocycles. The molecule has 0 nitrogen and oxygen atoms in total. The summed E-state index contributed by atoms with van der Waals surface area (Å²) in [6, 6.07) is 0. The smallest absolute Gasteiger partial charge is 0.314 e. The second kappa shape index (κ2) is 3.59. The Morgan fingerprint density at radius 2 is 1.12 bits per heavy atom. The predicted octanol–water partition coefficient (Wildman–Crippen LogP) is -0.349. The molecule has 0 atom stereocenters. The Balaban J connectivity index is 0. The molecule has 8 heavy (non-hydrogen) atoms. The van der Waals surface area contributed by atoms with Crippen LogP contribution in [0.15, 0.2) is 0 Å². The molecule has 0 aromatic rings. The van der Waals surface area contributed by atoms with E-state index in [4.69, 9.17) is 0 Å². The molecule has 0 fully saturated rings. The van der Waals surface area contributed by atoms with Crippen LogP contribution in [0.25, 0.3) is 0 Å². The van der Waals surface area contributed by atoms with Gasteiger partial charge in [-0.3, -0.25) is 0 Å². The molecular formula is C7H15Li. The summed E-state index contributed by atoms with van der Waals surface area (Å²) < 4.78 is 0. The van der Waals surface area contributed by atoms with E-state index in [1.54, 1.807) is 0 Å². The Kier molecular flexibility index (Phi) is 5.12. The summed E-state index contributed by atoms with van der Waals surface area (Å²) in [4.78, 5) is 0. The van der Waals surface area contributed by atoms with Crippen molar-refractivity contribution in [3.05, 3.63) is 5.92 Å². The first-order chi connectivity index (χ1) is 2.94. The Bertz CT molecular complexity index is 49.9. The standard InChI is InChI=1S/C7H15.Li/c1-6(2)7(3,4)5;/h1-5H3;/q-1;+1. The predicted molar refractivity (Wildman–Crippen MR) is 34.0 cm³/mol. The maximum Gasteiger partial charge on any atom is 1.00 e. The summed E-state index contributed by atoms with van der Waals surface area (Å²) in [6.45, 7) is 11.0. The monoisotopic (exact) mass is 106 g/mol. The normalized spacial score (nSPS) is 11.2. The van der Waals surface area contributed by atoms with Gasteiger partial charge < -0.3 is 5.92 Å². The molecule has 0 aliphatic rings. The topological polar surface area (TPSA) is 0 Å². The van der Waals surface area contributed by atoms with Gasteiger partial charge in [-0.1, -0.05) is 20.8 Å². The van der Waals surface area contributed by atoms with Gasteiger partial charge in [0.1, 0.15) is 0 Å². The minimum Gasteiger partial charge on any atom is -0.314 e. The molecule has 0 rings (SSSR count). The number of hydrogen-bond acceptors (Lipinski definition) is 0. The van der Waals surface area contributed by atoms with Crippen molar-refractivity contribution in [2.75, 3.05) is 0 Å². The molecule has 0 spiro atoms. The third kappa shape index (κ3) is 4.75. The first-order valence-electron chi connectivity index (χ1n) is 2.75. The molecule has 1 heteroatoms. The average molecular weight is 106 g/mol. The van der Waals surface area contributed by atoms with Crippen molar-refractivity contribution >= 4 is 0 Å². The van der Waals surface area contributed by atoms with Gasteiger partial charge >= 0.3 is 18.9 Å². The summed E-state index contributed by atoms with van der Waals surface area (Å²) in [5, 5.41) is 0. The SMILES string of the molecule is C[C-](C)C(C)(C)C.[Li+]. The van der Waals surface area contributed by atoms with Crippen LogP contribution in [-0.2, 0) is 0 Å². The van der Waals surface area contributed by atoms with Crippen molar-refractivity contribution in [1.82, 2.24) is 0 Å². The Morgan fingerprint density at radius 3 is 1.12 bits per heavy atom. The molecule has 0 bridgehead atoms. The van der Waals surface area contributed by atoms with Gasteiger partial charge in [0.15, 0.2) is 0 Å². The van der Waals surface area contributed by atoms with Crippen LogP contribution in [-0.4, -0.2) is 0 Å². The van der Waals surface area contributed by atoms with E-state index in [1.165, 1.54) is 5.92 Å². The van der Waals surface area contributed by atoms with Crippen molar-refractivity contribution < 1.29 is 18.9 Å². The molecule has 0 saturated heterocycles. The summed E-state index contributed by atoms with van der Waals surface area (Å²) >= 11 is 0. The maximum atomic E-state index is 2.22. The Morgan fingerprint density at radius 1 is 1.00 bits per heavy atom. The van der Waals surface area contributed by atoms with Gasteiger partial charge in [-0.15, -0.1) is 0 Å². The van der Waals surface area contributed by atoms with E-state index in [-0.39, 0.29) is 18.9 Å². The fourth-order valence-electron chi connectivity index (χ4n) is 0. The van der Waals surface area contributed by atoms with Crippen LogP contribution >= 0.6 is 0 Å². The quantitative estimate of drug-likeness (QED) is 0.292. The first-order valence-corrected chi connectivity index (χ1v) is 2.75. The molecule has 44 valence electrons. The van der Waals surface area contributed by atoms with E-state index in [2.05, 4.69) is 34.6 Å². The van der Waals surface area contributed by atoms with Crippen LogP contribution in [0.1, 0.15) is 34.6 Å². The van der Waals surface area contributed by atoms with Crippen LogP contribution in [0.4, 0.5) is 0 Å². The van der Waals surface area contributed by atoms with E-state index < -0.39 is 0 Å². The van der Waals surface area contributed by atoms with E-state index in [0.717, 1.165) is 0 Å². The van der Waals surface area contributed by atoms with Gasteiger partial charge in [-0.2, -0.15) is 19.3 Å². The van der Waals surface area contributed by atoms with Crippen LogP contribution < -0.4 is 18.9 Å². The second-order valence-electron chi connectivity index (χ2n) is 3.25. The molecule has 0 aromatic heterocycles. The van der Waals surface area contributed by atoms with Crippen LogP contribution in [0.2, 0.25) is 0 Å².